The lowest BCUT2D eigenvalue weighted by molar-refractivity contribution is -0.384. The molecule has 0 aliphatic carbocycles. The Morgan fingerprint density at radius 2 is 2.00 bits per heavy atom. The molecule has 0 fully saturated rings. The van der Waals surface area contributed by atoms with Crippen molar-refractivity contribution in [1.29, 1.82) is 0 Å². The van der Waals surface area contributed by atoms with Gasteiger partial charge in [0.25, 0.3) is 11.6 Å². The van der Waals surface area contributed by atoms with Crippen LogP contribution in [0.2, 0.25) is 5.02 Å². The number of nitrogens with one attached hydrogen (secondary N) is 2. The van der Waals surface area contributed by atoms with Gasteiger partial charge in [0.2, 0.25) is 0 Å². The number of anilines is 2. The number of hydrogen-bond acceptors (Lipinski definition) is 6. The summed E-state index contributed by atoms with van der Waals surface area (Å²) >= 11 is 6.05. The van der Waals surface area contributed by atoms with E-state index in [0.29, 0.717) is 35.3 Å². The molecule has 0 spiro atoms. The van der Waals surface area contributed by atoms with Crippen LogP contribution in [0.4, 0.5) is 17.1 Å². The molecule has 138 valence electrons. The molecule has 9 heteroatoms. The molecule has 2 rings (SSSR count). The molecule has 0 aliphatic rings. The molecule has 0 saturated heterocycles. The van der Waals surface area contributed by atoms with Gasteiger partial charge in [-0.2, -0.15) is 0 Å². The van der Waals surface area contributed by atoms with Crippen LogP contribution in [0.1, 0.15) is 10.4 Å². The topological polar surface area (TPSA) is 103 Å². The van der Waals surface area contributed by atoms with E-state index >= 15 is 0 Å². The fourth-order valence-electron chi connectivity index (χ4n) is 2.22. The van der Waals surface area contributed by atoms with Crippen molar-refractivity contribution in [2.24, 2.45) is 0 Å². The van der Waals surface area contributed by atoms with E-state index in [1.807, 2.05) is 0 Å². The van der Waals surface area contributed by atoms with Gasteiger partial charge in [-0.05, 0) is 24.3 Å². The lowest BCUT2D eigenvalue weighted by Crippen LogP contribution is -2.17. The predicted octanol–water partition coefficient (Wildman–Crippen LogP) is 3.57. The van der Waals surface area contributed by atoms with Gasteiger partial charge in [-0.3, -0.25) is 14.9 Å². The van der Waals surface area contributed by atoms with Crippen LogP contribution in [0.25, 0.3) is 0 Å². The second kappa shape index (κ2) is 9.02. The van der Waals surface area contributed by atoms with Gasteiger partial charge < -0.3 is 20.1 Å². The molecule has 2 N–H and O–H groups in total. The van der Waals surface area contributed by atoms with E-state index in [-0.39, 0.29) is 11.3 Å². The second-order valence-corrected chi connectivity index (χ2v) is 5.62. The number of methoxy groups -OCH3 is 2. The highest BCUT2D eigenvalue weighted by Gasteiger charge is 2.17. The average Bonchev–Trinajstić information content (AvgIpc) is 2.62. The summed E-state index contributed by atoms with van der Waals surface area (Å²) in [5.41, 5.74) is 0.863. The van der Waals surface area contributed by atoms with Gasteiger partial charge in [0.15, 0.2) is 0 Å². The number of nitro benzene ring substituents is 1. The molecule has 26 heavy (non-hydrogen) atoms. The first-order valence-corrected chi connectivity index (χ1v) is 8.00. The first-order valence-electron chi connectivity index (χ1n) is 7.62. The maximum absolute atomic E-state index is 12.6. The minimum atomic E-state index is -0.556. The number of benzene rings is 2. The zero-order valence-electron chi connectivity index (χ0n) is 14.2. The monoisotopic (exact) mass is 379 g/mol. The maximum Gasteiger partial charge on any atom is 0.270 e. The zero-order valence-corrected chi connectivity index (χ0v) is 15.0. The Hall–Kier alpha value is -2.84. The molecular formula is C17H18ClN3O5. The van der Waals surface area contributed by atoms with Crippen molar-refractivity contribution < 1.29 is 19.2 Å². The summed E-state index contributed by atoms with van der Waals surface area (Å²) in [6, 6.07) is 8.81. The van der Waals surface area contributed by atoms with Gasteiger partial charge >= 0.3 is 0 Å². The SMILES string of the molecule is COCCNc1ccc([N+](=O)[O-])cc1C(=O)Nc1ccc(OC)c(Cl)c1. The van der Waals surface area contributed by atoms with Crippen LogP contribution in [0.15, 0.2) is 36.4 Å². The summed E-state index contributed by atoms with van der Waals surface area (Å²) in [5, 5.41) is 17.1. The third-order valence-electron chi connectivity index (χ3n) is 3.49. The third-order valence-corrected chi connectivity index (χ3v) is 3.79. The molecule has 0 bridgehead atoms. The average molecular weight is 380 g/mol. The molecule has 1 amide bonds. The van der Waals surface area contributed by atoms with E-state index in [4.69, 9.17) is 21.1 Å². The van der Waals surface area contributed by atoms with Gasteiger partial charge in [-0.15, -0.1) is 0 Å². The molecule has 0 unspecified atom stereocenters. The third kappa shape index (κ3) is 4.84. The smallest absolute Gasteiger partial charge is 0.270 e. The van der Waals surface area contributed by atoms with Crippen LogP contribution in [-0.4, -0.2) is 38.2 Å². The Balaban J connectivity index is 2.28. The molecule has 2 aromatic carbocycles. The second-order valence-electron chi connectivity index (χ2n) is 5.21. The van der Waals surface area contributed by atoms with Crippen molar-refractivity contribution in [3.63, 3.8) is 0 Å². The van der Waals surface area contributed by atoms with Crippen molar-refractivity contribution in [2.45, 2.75) is 0 Å². The van der Waals surface area contributed by atoms with Gasteiger partial charge in [0, 0.05) is 37.2 Å². The number of amides is 1. The maximum atomic E-state index is 12.6. The summed E-state index contributed by atoms with van der Waals surface area (Å²) < 4.78 is 10.0. The molecule has 0 atom stereocenters. The summed E-state index contributed by atoms with van der Waals surface area (Å²) in [7, 11) is 3.04. The van der Waals surface area contributed by atoms with E-state index in [0.717, 1.165) is 0 Å². The lowest BCUT2D eigenvalue weighted by atomic mass is 10.1. The van der Waals surface area contributed by atoms with Crippen LogP contribution in [0.5, 0.6) is 5.75 Å². The Morgan fingerprint density at radius 3 is 2.62 bits per heavy atom. The molecule has 0 saturated carbocycles. The number of halogens is 1. The normalized spacial score (nSPS) is 10.3. The summed E-state index contributed by atoms with van der Waals surface area (Å²) in [6.45, 7) is 0.870. The van der Waals surface area contributed by atoms with Crippen LogP contribution in [0, 0.1) is 10.1 Å². The van der Waals surface area contributed by atoms with Crippen molar-refractivity contribution >= 4 is 34.6 Å². The quantitative estimate of drug-likeness (QED) is 0.413. The minimum Gasteiger partial charge on any atom is -0.495 e. The number of hydrogen-bond donors (Lipinski definition) is 2. The number of rotatable bonds is 8. The highest BCUT2D eigenvalue weighted by Crippen LogP contribution is 2.28. The molecule has 0 aromatic heterocycles. The van der Waals surface area contributed by atoms with Crippen LogP contribution < -0.4 is 15.4 Å². The first-order chi connectivity index (χ1) is 12.5. The van der Waals surface area contributed by atoms with Gasteiger partial charge in [0.05, 0.1) is 29.2 Å². The molecule has 0 aliphatic heterocycles. The first kappa shape index (κ1) is 19.5. The number of nitrogens with zero attached hydrogens (tertiary/aromatic N) is 1. The Labute approximate surface area is 155 Å². The number of carbonyl (C=O) groups is 1. The fourth-order valence-corrected chi connectivity index (χ4v) is 2.48. The number of nitro groups is 1. The van der Waals surface area contributed by atoms with Crippen molar-refractivity contribution in [2.75, 3.05) is 38.0 Å². The molecular weight excluding hydrogens is 362 g/mol. The minimum absolute atomic E-state index is 0.141. The fraction of sp³-hybridized carbons (Fsp3) is 0.235. The number of ether oxygens (including phenoxy) is 2. The standard InChI is InChI=1S/C17H18ClN3O5/c1-25-8-7-19-15-5-4-12(21(23)24)10-13(15)17(22)20-11-3-6-16(26-2)14(18)9-11/h3-6,9-10,19H,7-8H2,1-2H3,(H,20,22). The van der Waals surface area contributed by atoms with Crippen molar-refractivity contribution in [3.05, 3.63) is 57.1 Å². The zero-order chi connectivity index (χ0) is 19.1. The predicted molar refractivity (Wildman–Crippen MR) is 99.4 cm³/mol. The van der Waals surface area contributed by atoms with E-state index in [1.54, 1.807) is 19.2 Å². The summed E-state index contributed by atoms with van der Waals surface area (Å²) in [5.74, 6) is -0.0308. The Kier molecular flexibility index (Phi) is 6.76. The van der Waals surface area contributed by atoms with E-state index in [2.05, 4.69) is 10.6 Å². The number of non-ortho nitro benzene ring substituents is 1. The van der Waals surface area contributed by atoms with Crippen LogP contribution in [-0.2, 0) is 4.74 Å². The van der Waals surface area contributed by atoms with Gasteiger partial charge in [0.1, 0.15) is 5.75 Å². The number of carbonyl (C=O) groups excluding carboxylic acids is 1. The highest BCUT2D eigenvalue weighted by atomic mass is 35.5. The van der Waals surface area contributed by atoms with Crippen LogP contribution in [0.3, 0.4) is 0 Å². The van der Waals surface area contributed by atoms with Crippen molar-refractivity contribution in [3.8, 4) is 5.75 Å². The van der Waals surface area contributed by atoms with Gasteiger partial charge in [-0.1, -0.05) is 11.6 Å². The Morgan fingerprint density at radius 1 is 1.23 bits per heavy atom. The summed E-state index contributed by atoms with van der Waals surface area (Å²) in [6.07, 6.45) is 0. The van der Waals surface area contributed by atoms with E-state index < -0.39 is 10.8 Å². The van der Waals surface area contributed by atoms with E-state index in [9.17, 15) is 14.9 Å². The molecule has 8 nitrogen and oxygen atoms in total. The Bertz CT molecular complexity index is 813. The molecule has 0 heterocycles. The van der Waals surface area contributed by atoms with Crippen molar-refractivity contribution in [1.82, 2.24) is 0 Å². The highest BCUT2D eigenvalue weighted by molar-refractivity contribution is 6.32. The largest absolute Gasteiger partial charge is 0.495 e. The summed E-state index contributed by atoms with van der Waals surface area (Å²) in [4.78, 5) is 23.1. The van der Waals surface area contributed by atoms with E-state index in [1.165, 1.54) is 31.4 Å². The molecule has 2 aromatic rings. The lowest BCUT2D eigenvalue weighted by Gasteiger charge is -2.13. The van der Waals surface area contributed by atoms with Gasteiger partial charge in [-0.25, -0.2) is 0 Å². The van der Waals surface area contributed by atoms with Crippen LogP contribution >= 0.6 is 11.6 Å². The molecule has 0 radical (unpaired) electrons.